The third kappa shape index (κ3) is 19.0. The van der Waals surface area contributed by atoms with Gasteiger partial charge in [-0.25, -0.2) is 4.79 Å². The summed E-state index contributed by atoms with van der Waals surface area (Å²) in [6.07, 6.45) is 5.16. The van der Waals surface area contributed by atoms with Crippen molar-refractivity contribution >= 4 is 35.3 Å². The molecule has 10 nitrogen and oxygen atoms in total. The molecule has 0 rings (SSSR count). The highest BCUT2D eigenvalue weighted by Gasteiger charge is 2.19. The van der Waals surface area contributed by atoms with Gasteiger partial charge in [-0.05, 0) is 38.4 Å². The first-order valence-electron chi connectivity index (χ1n) is 10.9. The van der Waals surface area contributed by atoms with Crippen LogP contribution in [0.25, 0.3) is 0 Å². The molecule has 0 aliphatic carbocycles. The fraction of sp³-hybridized carbons (Fsp3) is 0.810. The lowest BCUT2D eigenvalue weighted by molar-refractivity contribution is -0.142. The molecule has 3 N–H and O–H groups in total. The molecule has 0 spiro atoms. The fourth-order valence-electron chi connectivity index (χ4n) is 2.54. The normalized spacial score (nSPS) is 11.7. The maximum absolute atomic E-state index is 11.9. The van der Waals surface area contributed by atoms with E-state index in [9.17, 15) is 24.3 Å². The number of carbonyl (C=O) groups excluding carboxylic acids is 3. The van der Waals surface area contributed by atoms with Gasteiger partial charge >= 0.3 is 5.97 Å². The SMILES string of the molecule is CCCOCC(=O)CCCOCCOCC(=O)NC(CCCCNC(=O)CSC)C(=O)O. The standard InChI is InChI=1S/C21H38N2O8S/c1-3-10-30-14-17(24)7-6-11-29-12-13-31-15-19(25)23-18(21(27)28)8-4-5-9-22-20(26)16-32-2/h18H,3-16H2,1-2H3,(H,22,26)(H,23,25)(H,27,28). The molecule has 0 aromatic heterocycles. The van der Waals surface area contributed by atoms with Crippen molar-refractivity contribution in [2.45, 2.75) is 51.5 Å². The van der Waals surface area contributed by atoms with Crippen molar-refractivity contribution in [1.82, 2.24) is 10.6 Å². The molecule has 0 fully saturated rings. The molecule has 1 atom stereocenters. The zero-order valence-electron chi connectivity index (χ0n) is 19.2. The number of ether oxygens (including phenoxy) is 3. The molecule has 0 aromatic carbocycles. The maximum atomic E-state index is 11.9. The van der Waals surface area contributed by atoms with E-state index in [4.69, 9.17) is 14.2 Å². The molecule has 0 saturated heterocycles. The van der Waals surface area contributed by atoms with E-state index in [1.165, 1.54) is 11.8 Å². The van der Waals surface area contributed by atoms with Crippen molar-refractivity contribution in [3.05, 3.63) is 0 Å². The van der Waals surface area contributed by atoms with Crippen molar-refractivity contribution in [3.8, 4) is 0 Å². The van der Waals surface area contributed by atoms with Crippen LogP contribution in [0.2, 0.25) is 0 Å². The van der Waals surface area contributed by atoms with E-state index in [0.29, 0.717) is 51.2 Å². The second kappa shape index (κ2) is 21.2. The Labute approximate surface area is 194 Å². The number of Topliss-reactive ketones (excluding diaryl/α,β-unsaturated/α-hetero) is 1. The zero-order chi connectivity index (χ0) is 24.0. The Hall–Kier alpha value is -1.69. The number of aliphatic carboxylic acids is 1. The number of hydrogen-bond donors (Lipinski definition) is 3. The number of amides is 2. The number of unbranched alkanes of at least 4 members (excludes halogenated alkanes) is 1. The van der Waals surface area contributed by atoms with Gasteiger partial charge in [0.25, 0.3) is 0 Å². The summed E-state index contributed by atoms with van der Waals surface area (Å²) in [7, 11) is 0. The Balaban J connectivity index is 3.74. The average Bonchev–Trinajstić information content (AvgIpc) is 2.74. The van der Waals surface area contributed by atoms with E-state index in [-0.39, 0.29) is 44.5 Å². The van der Waals surface area contributed by atoms with Gasteiger partial charge in [0.1, 0.15) is 19.3 Å². The summed E-state index contributed by atoms with van der Waals surface area (Å²) in [6.45, 7) is 3.79. The van der Waals surface area contributed by atoms with Crippen molar-refractivity contribution < 1.29 is 38.5 Å². The van der Waals surface area contributed by atoms with Gasteiger partial charge in [-0.3, -0.25) is 14.4 Å². The number of thioether (sulfide) groups is 1. The highest BCUT2D eigenvalue weighted by molar-refractivity contribution is 7.99. The molecule has 186 valence electrons. The minimum atomic E-state index is -1.11. The molecule has 1 unspecified atom stereocenters. The van der Waals surface area contributed by atoms with E-state index < -0.39 is 17.9 Å². The minimum Gasteiger partial charge on any atom is -0.480 e. The summed E-state index contributed by atoms with van der Waals surface area (Å²) in [5.41, 5.74) is 0. The Morgan fingerprint density at radius 3 is 2.31 bits per heavy atom. The summed E-state index contributed by atoms with van der Waals surface area (Å²) in [5.74, 6) is -1.23. The number of rotatable bonds is 22. The van der Waals surface area contributed by atoms with Crippen LogP contribution in [0, 0.1) is 0 Å². The van der Waals surface area contributed by atoms with Gasteiger partial charge < -0.3 is 30.0 Å². The first-order chi connectivity index (χ1) is 15.4. The Morgan fingerprint density at radius 1 is 0.906 bits per heavy atom. The molecule has 0 saturated carbocycles. The zero-order valence-corrected chi connectivity index (χ0v) is 20.0. The molecule has 2 amide bonds. The van der Waals surface area contributed by atoms with Crippen LogP contribution in [-0.4, -0.2) is 92.9 Å². The fourth-order valence-corrected chi connectivity index (χ4v) is 2.90. The molecule has 0 heterocycles. The molecule has 0 radical (unpaired) electrons. The Morgan fingerprint density at radius 2 is 1.62 bits per heavy atom. The van der Waals surface area contributed by atoms with Crippen LogP contribution in [0.3, 0.4) is 0 Å². The van der Waals surface area contributed by atoms with E-state index in [2.05, 4.69) is 10.6 Å². The monoisotopic (exact) mass is 478 g/mol. The number of carbonyl (C=O) groups is 4. The highest BCUT2D eigenvalue weighted by Crippen LogP contribution is 2.02. The number of carboxylic acid groups (broad SMARTS) is 1. The van der Waals surface area contributed by atoms with Crippen LogP contribution in [0.1, 0.15) is 45.4 Å². The molecular formula is C21H38N2O8S. The van der Waals surface area contributed by atoms with Gasteiger partial charge in [-0.1, -0.05) is 6.92 Å². The quantitative estimate of drug-likeness (QED) is 0.194. The predicted octanol–water partition coefficient (Wildman–Crippen LogP) is 1.01. The molecule has 0 bridgehead atoms. The van der Waals surface area contributed by atoms with Gasteiger partial charge in [-0.15, -0.1) is 0 Å². The second-order valence-corrected chi connectivity index (χ2v) is 7.96. The number of nitrogens with one attached hydrogen (secondary N) is 2. The van der Waals surface area contributed by atoms with Gasteiger partial charge in [-0.2, -0.15) is 11.8 Å². The van der Waals surface area contributed by atoms with Crippen LogP contribution < -0.4 is 10.6 Å². The van der Waals surface area contributed by atoms with Gasteiger partial charge in [0.15, 0.2) is 5.78 Å². The van der Waals surface area contributed by atoms with Crippen molar-refractivity contribution in [2.24, 2.45) is 0 Å². The summed E-state index contributed by atoms with van der Waals surface area (Å²) in [4.78, 5) is 46.0. The Kier molecular flexibility index (Phi) is 20.1. The summed E-state index contributed by atoms with van der Waals surface area (Å²) < 4.78 is 15.7. The van der Waals surface area contributed by atoms with E-state index in [1.807, 2.05) is 13.2 Å². The van der Waals surface area contributed by atoms with E-state index in [0.717, 1.165) is 6.42 Å². The van der Waals surface area contributed by atoms with Crippen molar-refractivity contribution in [2.75, 3.05) is 58.2 Å². The first kappa shape index (κ1) is 30.3. The molecule has 32 heavy (non-hydrogen) atoms. The van der Waals surface area contributed by atoms with Gasteiger partial charge in [0.05, 0.1) is 19.0 Å². The average molecular weight is 479 g/mol. The molecule has 0 aliphatic rings. The lowest BCUT2D eigenvalue weighted by Gasteiger charge is -2.14. The Bertz CT molecular complexity index is 548. The maximum Gasteiger partial charge on any atom is 0.326 e. The smallest absolute Gasteiger partial charge is 0.326 e. The largest absolute Gasteiger partial charge is 0.480 e. The van der Waals surface area contributed by atoms with Crippen LogP contribution in [-0.2, 0) is 33.4 Å². The molecular weight excluding hydrogens is 440 g/mol. The van der Waals surface area contributed by atoms with E-state index in [1.54, 1.807) is 0 Å². The van der Waals surface area contributed by atoms with Crippen molar-refractivity contribution in [3.63, 3.8) is 0 Å². The minimum absolute atomic E-state index is 0.0447. The molecule has 0 aliphatic heterocycles. The van der Waals surface area contributed by atoms with E-state index >= 15 is 0 Å². The number of ketones is 1. The third-order valence-corrected chi connectivity index (χ3v) is 4.66. The second-order valence-electron chi connectivity index (χ2n) is 7.10. The highest BCUT2D eigenvalue weighted by atomic mass is 32.2. The van der Waals surface area contributed by atoms with Crippen molar-refractivity contribution in [1.29, 1.82) is 0 Å². The lowest BCUT2D eigenvalue weighted by atomic mass is 10.1. The van der Waals surface area contributed by atoms with Crippen LogP contribution in [0.4, 0.5) is 0 Å². The predicted molar refractivity (Wildman–Crippen MR) is 122 cm³/mol. The summed E-state index contributed by atoms with van der Waals surface area (Å²) in [6, 6.07) is -0.997. The number of hydrogen-bond acceptors (Lipinski definition) is 8. The third-order valence-electron chi connectivity index (χ3n) is 4.11. The molecule has 11 heteroatoms. The first-order valence-corrected chi connectivity index (χ1v) is 12.3. The summed E-state index contributed by atoms with van der Waals surface area (Å²) >= 11 is 1.43. The van der Waals surface area contributed by atoms with Gasteiger partial charge in [0.2, 0.25) is 11.8 Å². The van der Waals surface area contributed by atoms with Gasteiger partial charge in [0, 0.05) is 26.2 Å². The lowest BCUT2D eigenvalue weighted by Crippen LogP contribution is -2.42. The summed E-state index contributed by atoms with van der Waals surface area (Å²) in [5, 5.41) is 14.4. The van der Waals surface area contributed by atoms with Crippen LogP contribution >= 0.6 is 11.8 Å². The molecule has 0 aromatic rings. The number of carboxylic acids is 1. The van der Waals surface area contributed by atoms with Crippen LogP contribution in [0.15, 0.2) is 0 Å². The topological polar surface area (TPSA) is 140 Å². The van der Waals surface area contributed by atoms with Crippen LogP contribution in [0.5, 0.6) is 0 Å².